The van der Waals surface area contributed by atoms with Crippen molar-refractivity contribution >= 4 is 5.96 Å². The summed E-state index contributed by atoms with van der Waals surface area (Å²) in [6, 6.07) is 16.6. The van der Waals surface area contributed by atoms with E-state index < -0.39 is 5.82 Å². The first kappa shape index (κ1) is 17.5. The van der Waals surface area contributed by atoms with Crippen LogP contribution in [0, 0.1) is 17.1 Å². The molecular weight excluding hydrogens is 303 g/mol. The fraction of sp³-hybridized carbons (Fsp3) is 0.263. The largest absolute Gasteiger partial charge is 0.357 e. The maximum atomic E-state index is 13.9. The van der Waals surface area contributed by atoms with Gasteiger partial charge in [-0.2, -0.15) is 5.26 Å². The first-order valence-electron chi connectivity index (χ1n) is 7.97. The van der Waals surface area contributed by atoms with E-state index in [1.54, 1.807) is 12.1 Å². The predicted octanol–water partition coefficient (Wildman–Crippen LogP) is 3.00. The maximum absolute atomic E-state index is 13.9. The molecule has 24 heavy (non-hydrogen) atoms. The van der Waals surface area contributed by atoms with Crippen LogP contribution >= 0.6 is 0 Å². The number of nitrogens with zero attached hydrogens (tertiary/aromatic N) is 2. The van der Waals surface area contributed by atoms with Gasteiger partial charge in [0, 0.05) is 18.7 Å². The van der Waals surface area contributed by atoms with Crippen molar-refractivity contribution < 1.29 is 4.39 Å². The number of hydrogen-bond acceptors (Lipinski definition) is 2. The monoisotopic (exact) mass is 324 g/mol. The van der Waals surface area contributed by atoms with E-state index in [4.69, 9.17) is 5.26 Å². The first-order valence-corrected chi connectivity index (χ1v) is 7.97. The van der Waals surface area contributed by atoms with Crippen LogP contribution in [0.4, 0.5) is 4.39 Å². The van der Waals surface area contributed by atoms with Gasteiger partial charge in [-0.15, -0.1) is 0 Å². The van der Waals surface area contributed by atoms with Crippen LogP contribution in [0.2, 0.25) is 0 Å². The molecule has 124 valence electrons. The van der Waals surface area contributed by atoms with E-state index in [-0.39, 0.29) is 6.54 Å². The summed E-state index contributed by atoms with van der Waals surface area (Å²) in [6.45, 7) is 3.67. The Hall–Kier alpha value is -2.87. The molecule has 0 saturated heterocycles. The Kier molecular flexibility index (Phi) is 6.78. The lowest BCUT2D eigenvalue weighted by molar-refractivity contribution is 0.609. The van der Waals surface area contributed by atoms with Crippen LogP contribution in [0.1, 0.15) is 23.6 Å². The van der Waals surface area contributed by atoms with Gasteiger partial charge in [-0.25, -0.2) is 9.38 Å². The molecule has 0 radical (unpaired) electrons. The number of aliphatic imine (C=N–C) groups is 1. The van der Waals surface area contributed by atoms with Gasteiger partial charge >= 0.3 is 0 Å². The highest BCUT2D eigenvalue weighted by Crippen LogP contribution is 2.11. The highest BCUT2D eigenvalue weighted by atomic mass is 19.1. The second kappa shape index (κ2) is 9.31. The van der Waals surface area contributed by atoms with E-state index in [2.05, 4.69) is 27.8 Å². The molecule has 0 heterocycles. The molecule has 0 aliphatic heterocycles. The number of nitrogens with one attached hydrogen (secondary N) is 2. The summed E-state index contributed by atoms with van der Waals surface area (Å²) in [5, 5.41) is 15.2. The minimum absolute atomic E-state index is 0.220. The molecular formula is C19H21FN4. The molecule has 0 aromatic heterocycles. The van der Waals surface area contributed by atoms with E-state index in [0.717, 1.165) is 19.5 Å². The summed E-state index contributed by atoms with van der Waals surface area (Å²) >= 11 is 0. The normalized spacial score (nSPS) is 11.0. The van der Waals surface area contributed by atoms with E-state index in [1.165, 1.54) is 11.6 Å². The molecule has 0 aliphatic rings. The lowest BCUT2D eigenvalue weighted by Crippen LogP contribution is -2.38. The lowest BCUT2D eigenvalue weighted by atomic mass is 10.1. The third-order valence-electron chi connectivity index (χ3n) is 3.48. The number of benzene rings is 2. The highest BCUT2D eigenvalue weighted by molar-refractivity contribution is 5.79. The van der Waals surface area contributed by atoms with Crippen molar-refractivity contribution in [2.24, 2.45) is 4.99 Å². The van der Waals surface area contributed by atoms with Crippen molar-refractivity contribution in [3.8, 4) is 6.07 Å². The van der Waals surface area contributed by atoms with Crippen LogP contribution in [0.25, 0.3) is 0 Å². The Morgan fingerprint density at radius 2 is 1.96 bits per heavy atom. The summed E-state index contributed by atoms with van der Waals surface area (Å²) in [4.78, 5) is 4.40. The van der Waals surface area contributed by atoms with Crippen molar-refractivity contribution in [2.75, 3.05) is 13.1 Å². The minimum Gasteiger partial charge on any atom is -0.357 e. The number of guanidine groups is 1. The van der Waals surface area contributed by atoms with E-state index >= 15 is 0 Å². The van der Waals surface area contributed by atoms with Crippen molar-refractivity contribution in [2.45, 2.75) is 19.9 Å². The van der Waals surface area contributed by atoms with Gasteiger partial charge in [0.25, 0.3) is 0 Å². The highest BCUT2D eigenvalue weighted by Gasteiger charge is 2.04. The number of rotatable bonds is 6. The van der Waals surface area contributed by atoms with Crippen LogP contribution in [0.15, 0.2) is 53.5 Å². The quantitative estimate of drug-likeness (QED) is 0.634. The molecule has 0 saturated carbocycles. The molecule has 5 heteroatoms. The lowest BCUT2D eigenvalue weighted by Gasteiger charge is -2.11. The number of halogens is 1. The van der Waals surface area contributed by atoms with Gasteiger partial charge in [0.2, 0.25) is 0 Å². The topological polar surface area (TPSA) is 60.2 Å². The summed E-state index contributed by atoms with van der Waals surface area (Å²) in [5.41, 5.74) is 2.03. The Balaban J connectivity index is 1.94. The van der Waals surface area contributed by atoms with E-state index in [1.807, 2.05) is 31.2 Å². The van der Waals surface area contributed by atoms with Gasteiger partial charge in [0.05, 0.1) is 18.2 Å². The third-order valence-corrected chi connectivity index (χ3v) is 3.48. The van der Waals surface area contributed by atoms with Gasteiger partial charge in [-0.05, 0) is 31.0 Å². The number of hydrogen-bond donors (Lipinski definition) is 2. The van der Waals surface area contributed by atoms with Crippen LogP contribution in [0.3, 0.4) is 0 Å². The second-order valence-corrected chi connectivity index (χ2v) is 5.28. The molecule has 2 aromatic rings. The van der Waals surface area contributed by atoms with Crippen LogP contribution in [0.5, 0.6) is 0 Å². The summed E-state index contributed by atoms with van der Waals surface area (Å²) in [6.07, 6.45) is 0.885. The smallest absolute Gasteiger partial charge is 0.191 e. The minimum atomic E-state index is -0.405. The van der Waals surface area contributed by atoms with Gasteiger partial charge < -0.3 is 10.6 Å². The standard InChI is InChI=1S/C19H21FN4/c1-2-22-19(23-11-10-15-6-4-3-5-7-15)24-14-17-9-8-16(13-21)12-18(17)20/h3-9,12H,2,10-11,14H2,1H3,(H2,22,23,24). The zero-order valence-electron chi connectivity index (χ0n) is 13.7. The average molecular weight is 324 g/mol. The van der Waals surface area contributed by atoms with Crippen molar-refractivity contribution in [1.29, 1.82) is 5.26 Å². The molecule has 2 rings (SSSR count). The predicted molar refractivity (Wildman–Crippen MR) is 94.1 cm³/mol. The molecule has 0 atom stereocenters. The van der Waals surface area contributed by atoms with Gasteiger partial charge in [0.1, 0.15) is 5.82 Å². The zero-order valence-corrected chi connectivity index (χ0v) is 13.7. The van der Waals surface area contributed by atoms with E-state index in [9.17, 15) is 4.39 Å². The van der Waals surface area contributed by atoms with Gasteiger partial charge in [-0.3, -0.25) is 0 Å². The Morgan fingerprint density at radius 3 is 2.62 bits per heavy atom. The summed E-state index contributed by atoms with van der Waals surface area (Å²) in [7, 11) is 0. The summed E-state index contributed by atoms with van der Waals surface area (Å²) < 4.78 is 13.9. The van der Waals surface area contributed by atoms with Crippen LogP contribution < -0.4 is 10.6 Å². The molecule has 2 N–H and O–H groups in total. The summed E-state index contributed by atoms with van der Waals surface area (Å²) in [5.74, 6) is 0.245. The maximum Gasteiger partial charge on any atom is 0.191 e. The number of nitriles is 1. The molecule has 2 aromatic carbocycles. The Bertz CT molecular complexity index is 720. The molecule has 4 nitrogen and oxygen atoms in total. The van der Waals surface area contributed by atoms with Crippen LogP contribution in [-0.4, -0.2) is 19.0 Å². The molecule has 0 unspecified atom stereocenters. The Morgan fingerprint density at radius 1 is 1.17 bits per heavy atom. The fourth-order valence-electron chi connectivity index (χ4n) is 2.22. The molecule has 0 fully saturated rings. The molecule has 0 aliphatic carbocycles. The third kappa shape index (κ3) is 5.40. The Labute approximate surface area is 142 Å². The van der Waals surface area contributed by atoms with Crippen molar-refractivity contribution in [3.05, 3.63) is 71.0 Å². The molecule has 0 bridgehead atoms. The SMILES string of the molecule is CCNC(=NCc1ccc(C#N)cc1F)NCCc1ccccc1. The fourth-order valence-corrected chi connectivity index (χ4v) is 2.22. The van der Waals surface area contributed by atoms with Crippen molar-refractivity contribution in [3.63, 3.8) is 0 Å². The van der Waals surface area contributed by atoms with Gasteiger partial charge in [0.15, 0.2) is 5.96 Å². The first-order chi connectivity index (χ1) is 11.7. The molecule has 0 amide bonds. The van der Waals surface area contributed by atoms with Crippen LogP contribution in [-0.2, 0) is 13.0 Å². The molecule has 0 spiro atoms. The second-order valence-electron chi connectivity index (χ2n) is 5.28. The van der Waals surface area contributed by atoms with Gasteiger partial charge in [-0.1, -0.05) is 36.4 Å². The zero-order chi connectivity index (χ0) is 17.2. The van der Waals surface area contributed by atoms with E-state index in [0.29, 0.717) is 17.1 Å². The van der Waals surface area contributed by atoms with Crippen molar-refractivity contribution in [1.82, 2.24) is 10.6 Å². The average Bonchev–Trinajstić information content (AvgIpc) is 2.61.